The van der Waals surface area contributed by atoms with Crippen molar-refractivity contribution in [3.63, 3.8) is 0 Å². The van der Waals surface area contributed by atoms with Gasteiger partial charge in [0.05, 0.1) is 12.1 Å². The first-order valence-electron chi connectivity index (χ1n) is 10.5. The molecular weight excluding hydrogens is 370 g/mol. The molecule has 158 valence electrons. The summed E-state index contributed by atoms with van der Waals surface area (Å²) in [5.74, 6) is -1.45. The minimum Gasteiger partial charge on any atom is -0.480 e. The Hall–Kier alpha value is -2.41. The van der Waals surface area contributed by atoms with Crippen LogP contribution in [0.4, 0.5) is 0 Å². The van der Waals surface area contributed by atoms with Gasteiger partial charge in [0.25, 0.3) is 0 Å². The van der Waals surface area contributed by atoms with Crippen LogP contribution in [0, 0.1) is 5.92 Å². The number of carbonyl (C=O) groups is 3. The van der Waals surface area contributed by atoms with Gasteiger partial charge in [-0.15, -0.1) is 0 Å². The Balaban J connectivity index is 1.66. The van der Waals surface area contributed by atoms with Crippen LogP contribution in [0.3, 0.4) is 0 Å². The lowest BCUT2D eigenvalue weighted by atomic mass is 9.84. The van der Waals surface area contributed by atoms with E-state index >= 15 is 0 Å². The first-order chi connectivity index (χ1) is 13.9. The Morgan fingerprint density at radius 3 is 2.55 bits per heavy atom. The number of carbonyl (C=O) groups excluding carboxylic acids is 2. The molecule has 0 aromatic heterocycles. The molecule has 1 aliphatic heterocycles. The average molecular weight is 402 g/mol. The number of benzene rings is 1. The molecule has 0 spiro atoms. The smallest absolute Gasteiger partial charge is 0.326 e. The van der Waals surface area contributed by atoms with Crippen molar-refractivity contribution in [1.82, 2.24) is 10.2 Å². The monoisotopic (exact) mass is 401 g/mol. The molecule has 4 N–H and O–H groups in total. The standard InChI is InChI=1S/C22H31N3O4/c1-14(24-17(20(23)26)12-11-15-7-3-2-4-8-15)21(27)25-18-10-6-5-9-16(18)13-19(25)22(28)29/h2-4,7-8,14,16-19,24H,5-6,9-13H2,1H3,(H2,23,26)(H,28,29)/t14-,16?,17?,18?,19-/m0/s1. The highest BCUT2D eigenvalue weighted by Gasteiger charge is 2.48. The topological polar surface area (TPSA) is 113 Å². The zero-order valence-electron chi connectivity index (χ0n) is 16.9. The van der Waals surface area contributed by atoms with Gasteiger partial charge >= 0.3 is 5.97 Å². The second kappa shape index (κ2) is 9.39. The second-order valence-corrected chi connectivity index (χ2v) is 8.31. The van der Waals surface area contributed by atoms with Crippen LogP contribution in [-0.2, 0) is 20.8 Å². The highest BCUT2D eigenvalue weighted by molar-refractivity contribution is 5.88. The van der Waals surface area contributed by atoms with Crippen molar-refractivity contribution in [2.24, 2.45) is 11.7 Å². The van der Waals surface area contributed by atoms with Crippen molar-refractivity contribution in [3.05, 3.63) is 35.9 Å². The number of aliphatic carboxylic acids is 1. The molecule has 0 radical (unpaired) electrons. The van der Waals surface area contributed by atoms with E-state index in [1.807, 2.05) is 30.3 Å². The van der Waals surface area contributed by atoms with Gasteiger partial charge in [-0.05, 0) is 50.5 Å². The van der Waals surface area contributed by atoms with Crippen molar-refractivity contribution in [2.75, 3.05) is 0 Å². The van der Waals surface area contributed by atoms with Gasteiger partial charge in [0.1, 0.15) is 6.04 Å². The molecule has 3 unspecified atom stereocenters. The molecule has 2 aliphatic rings. The fourth-order valence-electron chi connectivity index (χ4n) is 4.86. The van der Waals surface area contributed by atoms with E-state index in [0.29, 0.717) is 19.3 Å². The number of carboxylic acid groups (broad SMARTS) is 1. The molecule has 0 bridgehead atoms. The fourth-order valence-corrected chi connectivity index (χ4v) is 4.86. The lowest BCUT2D eigenvalue weighted by Gasteiger charge is -2.35. The minimum atomic E-state index is -0.949. The Kier molecular flexibility index (Phi) is 6.90. The Labute approximate surface area is 171 Å². The first kappa shape index (κ1) is 21.3. The molecule has 1 heterocycles. The number of aryl methyl sites for hydroxylation is 1. The Morgan fingerprint density at radius 2 is 1.90 bits per heavy atom. The van der Waals surface area contributed by atoms with Crippen LogP contribution in [0.25, 0.3) is 0 Å². The van der Waals surface area contributed by atoms with E-state index in [4.69, 9.17) is 5.73 Å². The Morgan fingerprint density at radius 1 is 1.21 bits per heavy atom. The lowest BCUT2D eigenvalue weighted by molar-refractivity contribution is -0.150. The largest absolute Gasteiger partial charge is 0.480 e. The molecule has 2 amide bonds. The van der Waals surface area contributed by atoms with E-state index in [9.17, 15) is 19.5 Å². The summed E-state index contributed by atoms with van der Waals surface area (Å²) < 4.78 is 0. The number of nitrogens with one attached hydrogen (secondary N) is 1. The van der Waals surface area contributed by atoms with Crippen LogP contribution in [-0.4, -0.2) is 52.0 Å². The molecule has 3 rings (SSSR count). The number of amides is 2. The van der Waals surface area contributed by atoms with Crippen LogP contribution in [0.5, 0.6) is 0 Å². The Bertz CT molecular complexity index is 739. The number of nitrogens with zero attached hydrogens (tertiary/aromatic N) is 1. The summed E-state index contributed by atoms with van der Waals surface area (Å²) in [7, 11) is 0. The second-order valence-electron chi connectivity index (χ2n) is 8.31. The van der Waals surface area contributed by atoms with E-state index in [2.05, 4.69) is 5.32 Å². The molecule has 2 fully saturated rings. The maximum atomic E-state index is 13.2. The normalized spacial score (nSPS) is 25.8. The molecule has 5 atom stereocenters. The number of hydrogen-bond acceptors (Lipinski definition) is 4. The van der Waals surface area contributed by atoms with Gasteiger partial charge in [0.15, 0.2) is 0 Å². The molecule has 29 heavy (non-hydrogen) atoms. The maximum Gasteiger partial charge on any atom is 0.326 e. The summed E-state index contributed by atoms with van der Waals surface area (Å²) in [5, 5.41) is 12.7. The summed E-state index contributed by atoms with van der Waals surface area (Å²) in [6.45, 7) is 1.69. The summed E-state index contributed by atoms with van der Waals surface area (Å²) in [6, 6.07) is 7.65. The molecule has 1 aliphatic carbocycles. The number of fused-ring (bicyclic) bond motifs is 1. The van der Waals surface area contributed by atoms with Gasteiger partial charge in [-0.2, -0.15) is 0 Å². The molecular formula is C22H31N3O4. The summed E-state index contributed by atoms with van der Waals surface area (Å²) >= 11 is 0. The number of hydrogen-bond donors (Lipinski definition) is 3. The number of carboxylic acids is 1. The first-order valence-corrected chi connectivity index (χ1v) is 10.5. The van der Waals surface area contributed by atoms with E-state index < -0.39 is 30.0 Å². The van der Waals surface area contributed by atoms with Gasteiger partial charge in [-0.1, -0.05) is 43.2 Å². The van der Waals surface area contributed by atoms with Crippen LogP contribution < -0.4 is 11.1 Å². The van der Waals surface area contributed by atoms with Crippen molar-refractivity contribution < 1.29 is 19.5 Å². The van der Waals surface area contributed by atoms with Crippen LogP contribution in [0.2, 0.25) is 0 Å². The zero-order valence-corrected chi connectivity index (χ0v) is 16.9. The van der Waals surface area contributed by atoms with E-state index in [0.717, 1.165) is 31.2 Å². The van der Waals surface area contributed by atoms with E-state index in [-0.39, 0.29) is 17.9 Å². The predicted octanol–water partition coefficient (Wildman–Crippen LogP) is 1.70. The minimum absolute atomic E-state index is 0.0158. The lowest BCUT2D eigenvalue weighted by Crippen LogP contribution is -2.56. The van der Waals surface area contributed by atoms with Crippen LogP contribution in [0.1, 0.15) is 51.0 Å². The molecule has 1 aromatic carbocycles. The molecule has 7 heteroatoms. The van der Waals surface area contributed by atoms with Crippen molar-refractivity contribution in [1.29, 1.82) is 0 Å². The highest BCUT2D eigenvalue weighted by atomic mass is 16.4. The highest BCUT2D eigenvalue weighted by Crippen LogP contribution is 2.40. The van der Waals surface area contributed by atoms with Gasteiger partial charge in [-0.3, -0.25) is 14.9 Å². The number of likely N-dealkylation sites (tertiary alicyclic amines) is 1. The van der Waals surface area contributed by atoms with Gasteiger partial charge in [0, 0.05) is 6.04 Å². The third-order valence-corrected chi connectivity index (χ3v) is 6.36. The third kappa shape index (κ3) is 4.96. The summed E-state index contributed by atoms with van der Waals surface area (Å²) in [4.78, 5) is 38.5. The summed E-state index contributed by atoms with van der Waals surface area (Å²) in [6.07, 6.45) is 5.58. The predicted molar refractivity (Wildman–Crippen MR) is 109 cm³/mol. The third-order valence-electron chi connectivity index (χ3n) is 6.36. The van der Waals surface area contributed by atoms with Crippen molar-refractivity contribution in [2.45, 2.75) is 76.0 Å². The quantitative estimate of drug-likeness (QED) is 0.614. The summed E-state index contributed by atoms with van der Waals surface area (Å²) in [5.41, 5.74) is 6.66. The molecule has 1 aromatic rings. The number of primary amides is 1. The van der Waals surface area contributed by atoms with Gasteiger partial charge in [-0.25, -0.2) is 4.79 Å². The molecule has 1 saturated carbocycles. The van der Waals surface area contributed by atoms with Gasteiger partial charge in [0.2, 0.25) is 11.8 Å². The maximum absolute atomic E-state index is 13.2. The van der Waals surface area contributed by atoms with Gasteiger partial charge < -0.3 is 15.7 Å². The number of nitrogens with two attached hydrogens (primary N) is 1. The fraction of sp³-hybridized carbons (Fsp3) is 0.591. The van der Waals surface area contributed by atoms with Crippen LogP contribution >= 0.6 is 0 Å². The van der Waals surface area contributed by atoms with E-state index in [1.54, 1.807) is 11.8 Å². The van der Waals surface area contributed by atoms with E-state index in [1.165, 1.54) is 0 Å². The average Bonchev–Trinajstić information content (AvgIpc) is 3.10. The van der Waals surface area contributed by atoms with Crippen LogP contribution in [0.15, 0.2) is 30.3 Å². The molecule has 7 nitrogen and oxygen atoms in total. The zero-order chi connectivity index (χ0) is 21.0. The van der Waals surface area contributed by atoms with Crippen molar-refractivity contribution >= 4 is 17.8 Å². The number of rotatable bonds is 8. The molecule has 1 saturated heterocycles. The SMILES string of the molecule is C[C@H](NC(CCc1ccccc1)C(N)=O)C(=O)N1C2CCCCC2C[C@H]1C(=O)O. The van der Waals surface area contributed by atoms with Crippen molar-refractivity contribution in [3.8, 4) is 0 Å².